The standard InChI is InChI=1S/C27H42N4O6.C27H38N4O6/c2*1-7-20-15-19(16-21(29-20)9-8-12-28-25(33)35-6)18(2)31(22-10-11-22)24(32)23-17-30(13-14-36-23)26(34)37-27(3,4)5/h15-16,18,22-23H,7-14,17H2,1-6H3,(H,28,33);7-9,15-16,18,22-23H,1,10-14,17H2,2-6H3,(H,28,33)/b;9-8+/t2*18?,23-/m11/s1. The molecule has 4 heterocycles. The molecule has 4 atom stereocenters. The molecule has 2 aliphatic heterocycles. The van der Waals surface area contributed by atoms with Crippen molar-refractivity contribution in [1.82, 2.24) is 40.2 Å². The van der Waals surface area contributed by atoms with Gasteiger partial charge in [-0.15, -0.1) is 0 Å². The minimum absolute atomic E-state index is 0.0954. The number of amides is 6. The molecular weight excluding hydrogens is 953 g/mol. The fourth-order valence-electron chi connectivity index (χ4n) is 8.50. The average Bonchev–Trinajstić information content (AvgIpc) is 4.33. The number of rotatable bonds is 17. The first-order valence-corrected chi connectivity index (χ1v) is 25.8. The molecule has 6 amide bonds. The molecule has 6 rings (SSSR count). The fourth-order valence-corrected chi connectivity index (χ4v) is 8.50. The van der Waals surface area contributed by atoms with E-state index in [1.807, 2.05) is 77.3 Å². The Morgan fingerprint density at radius 3 is 1.66 bits per heavy atom. The summed E-state index contributed by atoms with van der Waals surface area (Å²) < 4.78 is 31.9. The van der Waals surface area contributed by atoms with E-state index in [0.29, 0.717) is 44.0 Å². The van der Waals surface area contributed by atoms with Gasteiger partial charge < -0.3 is 58.7 Å². The second-order valence-electron chi connectivity index (χ2n) is 20.9. The van der Waals surface area contributed by atoms with Gasteiger partial charge in [-0.3, -0.25) is 14.6 Å². The molecular formula is C54H80N8O12. The first-order valence-electron chi connectivity index (χ1n) is 25.8. The highest BCUT2D eigenvalue weighted by atomic mass is 16.6. The predicted octanol–water partition coefficient (Wildman–Crippen LogP) is 7.40. The third-order valence-corrected chi connectivity index (χ3v) is 12.5. The van der Waals surface area contributed by atoms with Crippen LogP contribution in [0, 0.1) is 0 Å². The number of hydrogen-bond acceptors (Lipinski definition) is 14. The third-order valence-electron chi connectivity index (χ3n) is 12.5. The van der Waals surface area contributed by atoms with Crippen LogP contribution in [0.4, 0.5) is 19.2 Å². The maximum absolute atomic E-state index is 13.7. The molecule has 2 saturated carbocycles. The molecule has 20 nitrogen and oxygen atoms in total. The van der Waals surface area contributed by atoms with E-state index in [0.717, 1.165) is 61.0 Å². The van der Waals surface area contributed by atoms with Crippen LogP contribution >= 0.6 is 0 Å². The smallest absolute Gasteiger partial charge is 0.410 e. The van der Waals surface area contributed by atoms with Gasteiger partial charge >= 0.3 is 24.4 Å². The summed E-state index contributed by atoms with van der Waals surface area (Å²) in [6, 6.07) is 7.82. The van der Waals surface area contributed by atoms with Crippen molar-refractivity contribution in [3.63, 3.8) is 0 Å². The lowest BCUT2D eigenvalue weighted by Crippen LogP contribution is -2.54. The molecule has 0 bridgehead atoms. The number of ether oxygens (including phenoxy) is 6. The lowest BCUT2D eigenvalue weighted by molar-refractivity contribution is -0.152. The van der Waals surface area contributed by atoms with Crippen LogP contribution < -0.4 is 10.6 Å². The maximum Gasteiger partial charge on any atom is 0.410 e. The van der Waals surface area contributed by atoms with Gasteiger partial charge in [0.05, 0.1) is 64.0 Å². The summed E-state index contributed by atoms with van der Waals surface area (Å²) in [6.07, 6.45) is 7.88. The van der Waals surface area contributed by atoms with Gasteiger partial charge in [-0.2, -0.15) is 0 Å². The Morgan fingerprint density at radius 2 is 1.20 bits per heavy atom. The zero-order valence-corrected chi connectivity index (χ0v) is 45.4. The zero-order chi connectivity index (χ0) is 54.3. The van der Waals surface area contributed by atoms with Crippen LogP contribution in [-0.2, 0) is 50.9 Å². The number of methoxy groups -OCH3 is 2. The van der Waals surface area contributed by atoms with E-state index >= 15 is 0 Å². The van der Waals surface area contributed by atoms with Crippen molar-refractivity contribution in [2.45, 2.75) is 155 Å². The van der Waals surface area contributed by atoms with Gasteiger partial charge in [0, 0.05) is 49.7 Å². The Kier molecular flexibility index (Phi) is 21.2. The third kappa shape index (κ3) is 18.0. The number of carbonyl (C=O) groups is 6. The minimum Gasteiger partial charge on any atom is -0.453 e. The van der Waals surface area contributed by atoms with E-state index in [-0.39, 0.29) is 62.2 Å². The number of nitrogens with zero attached hydrogens (tertiary/aromatic N) is 6. The highest BCUT2D eigenvalue weighted by molar-refractivity contribution is 5.84. The lowest BCUT2D eigenvalue weighted by atomic mass is 10.0. The largest absolute Gasteiger partial charge is 0.453 e. The van der Waals surface area contributed by atoms with Crippen molar-refractivity contribution in [3.05, 3.63) is 70.8 Å². The highest BCUT2D eigenvalue weighted by Gasteiger charge is 2.44. The van der Waals surface area contributed by atoms with Gasteiger partial charge in [-0.25, -0.2) is 24.2 Å². The predicted molar refractivity (Wildman–Crippen MR) is 278 cm³/mol. The van der Waals surface area contributed by atoms with Crippen LogP contribution in [0.3, 0.4) is 0 Å². The van der Waals surface area contributed by atoms with E-state index in [2.05, 4.69) is 50.7 Å². The Bertz CT molecular complexity index is 2310. The first kappa shape index (κ1) is 58.6. The highest BCUT2D eigenvalue weighted by Crippen LogP contribution is 2.38. The topological polar surface area (TPSA) is 221 Å². The Morgan fingerprint density at radius 1 is 0.730 bits per heavy atom. The number of aryl methyl sites for hydroxylation is 2. The molecule has 2 aliphatic carbocycles. The van der Waals surface area contributed by atoms with Crippen LogP contribution in [0.15, 0.2) is 36.9 Å². The number of alkyl carbamates (subject to hydrolysis) is 2. The summed E-state index contributed by atoms with van der Waals surface area (Å²) in [5.74, 6) is -0.235. The van der Waals surface area contributed by atoms with E-state index in [9.17, 15) is 28.8 Å². The number of aromatic nitrogens is 2. The summed E-state index contributed by atoms with van der Waals surface area (Å²) in [6.45, 7) is 23.3. The minimum atomic E-state index is -0.756. The van der Waals surface area contributed by atoms with Gasteiger partial charge in [-0.1, -0.05) is 19.6 Å². The number of nitrogens with one attached hydrogen (secondary N) is 2. The van der Waals surface area contributed by atoms with E-state index < -0.39 is 47.8 Å². The fraction of sp³-hybridized carbons (Fsp3) is 0.630. The number of hydrogen-bond donors (Lipinski definition) is 2. The average molecular weight is 1030 g/mol. The van der Waals surface area contributed by atoms with Crippen LogP contribution in [-0.4, -0.2) is 168 Å². The van der Waals surface area contributed by atoms with Crippen LogP contribution in [0.2, 0.25) is 0 Å². The Hall–Kier alpha value is -6.28. The van der Waals surface area contributed by atoms with Crippen molar-refractivity contribution < 1.29 is 57.2 Å². The van der Waals surface area contributed by atoms with Gasteiger partial charge in [0.25, 0.3) is 11.8 Å². The van der Waals surface area contributed by atoms with Gasteiger partial charge in [0.1, 0.15) is 11.2 Å². The molecule has 2 aromatic rings. The summed E-state index contributed by atoms with van der Waals surface area (Å²) in [5.41, 5.74) is 3.98. The van der Waals surface area contributed by atoms with E-state index in [1.165, 1.54) is 14.2 Å². The zero-order valence-electron chi connectivity index (χ0n) is 45.4. The van der Waals surface area contributed by atoms with Crippen LogP contribution in [0.25, 0.3) is 12.2 Å². The van der Waals surface area contributed by atoms with Crippen molar-refractivity contribution in [2.24, 2.45) is 0 Å². The molecule has 2 saturated heterocycles. The summed E-state index contributed by atoms with van der Waals surface area (Å²) in [7, 11) is 2.65. The molecule has 2 unspecified atom stereocenters. The number of carbonyl (C=O) groups excluding carboxylic acids is 6. The van der Waals surface area contributed by atoms with Crippen molar-refractivity contribution in [2.75, 3.05) is 66.7 Å². The molecule has 20 heteroatoms. The van der Waals surface area contributed by atoms with Crippen molar-refractivity contribution >= 4 is 48.3 Å². The normalized spacial score (nSPS) is 18.7. The lowest BCUT2D eigenvalue weighted by Gasteiger charge is -2.38. The summed E-state index contributed by atoms with van der Waals surface area (Å²) >= 11 is 0. The molecule has 0 aromatic carbocycles. The van der Waals surface area contributed by atoms with E-state index in [1.54, 1.807) is 28.0 Å². The van der Waals surface area contributed by atoms with Crippen LogP contribution in [0.5, 0.6) is 0 Å². The summed E-state index contributed by atoms with van der Waals surface area (Å²) in [4.78, 5) is 91.4. The molecule has 4 fully saturated rings. The maximum atomic E-state index is 13.7. The van der Waals surface area contributed by atoms with E-state index in [4.69, 9.17) is 23.9 Å². The van der Waals surface area contributed by atoms with Crippen molar-refractivity contribution in [3.8, 4) is 0 Å². The molecule has 0 spiro atoms. The molecule has 4 aliphatic rings. The second kappa shape index (κ2) is 26.8. The van der Waals surface area contributed by atoms with Gasteiger partial charge in [0.2, 0.25) is 0 Å². The quantitative estimate of drug-likeness (QED) is 0.117. The molecule has 2 N–H and O–H groups in total. The monoisotopic (exact) mass is 1030 g/mol. The van der Waals surface area contributed by atoms with Crippen molar-refractivity contribution in [1.29, 1.82) is 0 Å². The molecule has 408 valence electrons. The van der Waals surface area contributed by atoms with Gasteiger partial charge in [0.15, 0.2) is 12.2 Å². The van der Waals surface area contributed by atoms with Crippen LogP contribution in [0.1, 0.15) is 140 Å². The molecule has 74 heavy (non-hydrogen) atoms. The number of morpholine rings is 2. The number of pyridine rings is 2. The molecule has 2 aromatic heterocycles. The molecule has 0 radical (unpaired) electrons. The van der Waals surface area contributed by atoms with Gasteiger partial charge in [-0.05, 0) is 148 Å². The Balaban J connectivity index is 0.000000274. The summed E-state index contributed by atoms with van der Waals surface area (Å²) in [5, 5.41) is 5.28. The SMILES string of the molecule is C=Cc1cc(C(C)N(C(=O)[C@H]2CN(C(=O)OC(C)(C)C)CCO2)C2CC2)cc(/C=C/CNC(=O)OC)n1.CCc1cc(C(C)N(C(=O)[C@H]2CN(C(=O)OC(C)(C)C)CCO2)C2CC2)cc(CCCNC(=O)OC)n1. The second-order valence-corrected chi connectivity index (χ2v) is 20.9. The first-order chi connectivity index (χ1) is 35.0. The Labute approximate surface area is 436 Å².